The fourth-order valence-corrected chi connectivity index (χ4v) is 2.69. The molecule has 0 radical (unpaired) electrons. The predicted octanol–water partition coefficient (Wildman–Crippen LogP) is 1.46. The Bertz CT molecular complexity index is 446. The zero-order chi connectivity index (χ0) is 14.0. The number of hydrogen-bond acceptors (Lipinski definition) is 5. The number of aromatic nitrogens is 2. The van der Waals surface area contributed by atoms with Gasteiger partial charge in [-0.05, 0) is 20.4 Å². The van der Waals surface area contributed by atoms with Gasteiger partial charge in [-0.3, -0.25) is 4.90 Å². The molecule has 0 aliphatic carbocycles. The lowest BCUT2D eigenvalue weighted by atomic mass is 10.1. The highest BCUT2D eigenvalue weighted by Gasteiger charge is 2.25. The van der Waals surface area contributed by atoms with Crippen LogP contribution in [0.15, 0.2) is 0 Å². The summed E-state index contributed by atoms with van der Waals surface area (Å²) in [5.74, 6) is 2.48. The highest BCUT2D eigenvalue weighted by Crippen LogP contribution is 2.24. The third kappa shape index (κ3) is 2.81. The van der Waals surface area contributed by atoms with Crippen molar-refractivity contribution in [3.8, 4) is 0 Å². The Balaban J connectivity index is 2.25. The molecule has 106 valence electrons. The quantitative estimate of drug-likeness (QED) is 0.894. The average Bonchev–Trinajstić information content (AvgIpc) is 2.41. The molecule has 1 atom stereocenters. The van der Waals surface area contributed by atoms with Crippen molar-refractivity contribution in [3.05, 3.63) is 11.4 Å². The third-order valence-electron chi connectivity index (χ3n) is 3.99. The molecule has 1 aliphatic heterocycles. The molecular weight excluding hydrogens is 238 g/mol. The van der Waals surface area contributed by atoms with Crippen molar-refractivity contribution in [2.75, 3.05) is 36.8 Å². The smallest absolute Gasteiger partial charge is 0.137 e. The van der Waals surface area contributed by atoms with E-state index in [2.05, 4.69) is 40.5 Å². The molecule has 1 fully saturated rings. The van der Waals surface area contributed by atoms with Gasteiger partial charge in [0.25, 0.3) is 0 Å². The molecule has 5 heteroatoms. The molecule has 1 unspecified atom stereocenters. The zero-order valence-corrected chi connectivity index (χ0v) is 12.5. The van der Waals surface area contributed by atoms with Crippen LogP contribution in [0.25, 0.3) is 0 Å². The van der Waals surface area contributed by atoms with Gasteiger partial charge in [0.05, 0.1) is 0 Å². The van der Waals surface area contributed by atoms with Gasteiger partial charge in [0, 0.05) is 37.7 Å². The summed E-state index contributed by atoms with van der Waals surface area (Å²) in [6.45, 7) is 12.8. The predicted molar refractivity (Wildman–Crippen MR) is 79.5 cm³/mol. The fraction of sp³-hybridized carbons (Fsp3) is 0.714. The van der Waals surface area contributed by atoms with Crippen molar-refractivity contribution in [1.29, 1.82) is 0 Å². The van der Waals surface area contributed by atoms with Gasteiger partial charge in [-0.25, -0.2) is 9.97 Å². The summed E-state index contributed by atoms with van der Waals surface area (Å²) in [6.07, 6.45) is 0.821. The van der Waals surface area contributed by atoms with E-state index < -0.39 is 0 Å². The number of aryl methyl sites for hydroxylation is 1. The van der Waals surface area contributed by atoms with Crippen molar-refractivity contribution in [2.24, 2.45) is 0 Å². The molecule has 0 bridgehead atoms. The summed E-state index contributed by atoms with van der Waals surface area (Å²) in [5, 5.41) is 0. The Kier molecular flexibility index (Phi) is 4.24. The summed E-state index contributed by atoms with van der Waals surface area (Å²) < 4.78 is 0. The van der Waals surface area contributed by atoms with Crippen LogP contribution in [0.4, 0.5) is 11.6 Å². The van der Waals surface area contributed by atoms with E-state index in [1.807, 2.05) is 6.92 Å². The van der Waals surface area contributed by atoms with E-state index in [0.717, 1.165) is 49.8 Å². The van der Waals surface area contributed by atoms with Crippen LogP contribution in [0.3, 0.4) is 0 Å². The normalized spacial score (nSPS) is 20.8. The maximum atomic E-state index is 6.00. The van der Waals surface area contributed by atoms with Crippen LogP contribution in [0.1, 0.15) is 32.2 Å². The van der Waals surface area contributed by atoms with Gasteiger partial charge >= 0.3 is 0 Å². The molecular formula is C14H25N5. The van der Waals surface area contributed by atoms with Gasteiger partial charge in [0.1, 0.15) is 17.5 Å². The van der Waals surface area contributed by atoms with E-state index in [0.29, 0.717) is 11.9 Å². The Hall–Kier alpha value is -1.36. The zero-order valence-electron chi connectivity index (χ0n) is 12.5. The number of rotatable bonds is 3. The lowest BCUT2D eigenvalue weighted by molar-refractivity contribution is 0.199. The van der Waals surface area contributed by atoms with Crippen LogP contribution < -0.4 is 10.6 Å². The molecule has 0 spiro atoms. The highest BCUT2D eigenvalue weighted by molar-refractivity contribution is 5.56. The van der Waals surface area contributed by atoms with Crippen LogP contribution in [-0.4, -0.2) is 47.1 Å². The van der Waals surface area contributed by atoms with E-state index in [9.17, 15) is 0 Å². The molecule has 0 aromatic carbocycles. The lowest BCUT2D eigenvalue weighted by Crippen LogP contribution is -2.52. The van der Waals surface area contributed by atoms with Crippen molar-refractivity contribution >= 4 is 11.6 Å². The van der Waals surface area contributed by atoms with E-state index in [1.165, 1.54) is 0 Å². The van der Waals surface area contributed by atoms with Crippen LogP contribution in [0, 0.1) is 6.92 Å². The number of hydrogen-bond donors (Lipinski definition) is 1. The standard InChI is InChI=1S/C14H25N5/c1-5-12-16-13(15)11(4)14(17-12)19-8-7-18(6-2)10(3)9-19/h10H,5-9H2,1-4H3,(H2,15,16,17). The van der Waals surface area contributed by atoms with Gasteiger partial charge in [0.2, 0.25) is 0 Å². The van der Waals surface area contributed by atoms with E-state index in [-0.39, 0.29) is 0 Å². The van der Waals surface area contributed by atoms with Crippen molar-refractivity contribution in [1.82, 2.24) is 14.9 Å². The maximum absolute atomic E-state index is 6.00. The molecule has 1 saturated heterocycles. The van der Waals surface area contributed by atoms with Crippen LogP contribution in [0.2, 0.25) is 0 Å². The summed E-state index contributed by atoms with van der Waals surface area (Å²) in [7, 11) is 0. The molecule has 0 saturated carbocycles. The molecule has 0 amide bonds. The molecule has 2 N–H and O–H groups in total. The largest absolute Gasteiger partial charge is 0.383 e. The monoisotopic (exact) mass is 263 g/mol. The van der Waals surface area contributed by atoms with Gasteiger partial charge < -0.3 is 10.6 Å². The van der Waals surface area contributed by atoms with Gasteiger partial charge in [-0.15, -0.1) is 0 Å². The molecule has 1 aromatic heterocycles. The topological polar surface area (TPSA) is 58.3 Å². The van der Waals surface area contributed by atoms with Gasteiger partial charge in [0.15, 0.2) is 0 Å². The molecule has 1 aliphatic rings. The average molecular weight is 263 g/mol. The minimum atomic E-state index is 0.555. The van der Waals surface area contributed by atoms with Crippen LogP contribution in [-0.2, 0) is 6.42 Å². The number of anilines is 2. The molecule has 1 aromatic rings. The summed E-state index contributed by atoms with van der Waals surface area (Å²) in [4.78, 5) is 13.9. The first-order chi connectivity index (χ1) is 9.06. The van der Waals surface area contributed by atoms with Crippen LogP contribution >= 0.6 is 0 Å². The SMILES string of the molecule is CCc1nc(N)c(C)c(N2CCN(CC)C(C)C2)n1. The van der Waals surface area contributed by atoms with Crippen LogP contribution in [0.5, 0.6) is 0 Å². The van der Waals surface area contributed by atoms with Gasteiger partial charge in [-0.1, -0.05) is 13.8 Å². The van der Waals surface area contributed by atoms with Crippen molar-refractivity contribution in [2.45, 2.75) is 40.2 Å². The number of nitrogens with zero attached hydrogens (tertiary/aromatic N) is 4. The van der Waals surface area contributed by atoms with Gasteiger partial charge in [-0.2, -0.15) is 0 Å². The first-order valence-electron chi connectivity index (χ1n) is 7.18. The van der Waals surface area contributed by atoms with E-state index in [4.69, 9.17) is 5.73 Å². The summed E-state index contributed by atoms with van der Waals surface area (Å²) in [6, 6.07) is 0.555. The van der Waals surface area contributed by atoms with E-state index >= 15 is 0 Å². The first-order valence-corrected chi connectivity index (χ1v) is 7.18. The van der Waals surface area contributed by atoms with E-state index in [1.54, 1.807) is 0 Å². The summed E-state index contributed by atoms with van der Waals surface area (Å²) in [5.41, 5.74) is 7.01. The Morgan fingerprint density at radius 3 is 2.58 bits per heavy atom. The summed E-state index contributed by atoms with van der Waals surface area (Å²) >= 11 is 0. The highest BCUT2D eigenvalue weighted by atomic mass is 15.3. The second kappa shape index (κ2) is 5.74. The van der Waals surface area contributed by atoms with Crippen molar-refractivity contribution < 1.29 is 0 Å². The third-order valence-corrected chi connectivity index (χ3v) is 3.99. The second-order valence-corrected chi connectivity index (χ2v) is 5.25. The number of nitrogens with two attached hydrogens (primary N) is 1. The Morgan fingerprint density at radius 1 is 1.26 bits per heavy atom. The molecule has 5 nitrogen and oxygen atoms in total. The number of likely N-dealkylation sites (N-methyl/N-ethyl adjacent to an activating group) is 1. The fourth-order valence-electron chi connectivity index (χ4n) is 2.69. The molecule has 2 rings (SSSR count). The minimum absolute atomic E-state index is 0.555. The lowest BCUT2D eigenvalue weighted by Gasteiger charge is -2.40. The number of piperazine rings is 1. The second-order valence-electron chi connectivity index (χ2n) is 5.25. The Labute approximate surface area is 115 Å². The van der Waals surface area contributed by atoms with Crippen molar-refractivity contribution in [3.63, 3.8) is 0 Å². The number of nitrogen functional groups attached to an aromatic ring is 1. The molecule has 19 heavy (non-hydrogen) atoms. The molecule has 2 heterocycles. The minimum Gasteiger partial charge on any atom is -0.383 e. The first kappa shape index (κ1) is 14.1. The Morgan fingerprint density at radius 2 is 2.00 bits per heavy atom. The maximum Gasteiger partial charge on any atom is 0.137 e.